The molecule has 1 aliphatic heterocycles. The van der Waals surface area contributed by atoms with Crippen LogP contribution in [0.25, 0.3) is 0 Å². The normalized spacial score (nSPS) is 17.6. The Morgan fingerprint density at radius 2 is 1.93 bits per heavy atom. The largest absolute Gasteiger partial charge is 0.398 e. The van der Waals surface area contributed by atoms with Gasteiger partial charge in [-0.05, 0) is 12.1 Å². The van der Waals surface area contributed by atoms with E-state index in [1.807, 2.05) is 0 Å². The smallest absolute Gasteiger partial charge is 0.285 e. The first-order valence-corrected chi connectivity index (χ1v) is 5.43. The highest BCUT2D eigenvalue weighted by Crippen LogP contribution is 2.32. The molecule has 1 heterocycles. The number of hydrogen-bond donors (Lipinski definition) is 2. The number of nitrogens with two attached hydrogens (primary N) is 2. The standard InChI is InChI=1S/C7H6ClN3O2S/c8-3-1-4(9)6-5(2-3)14(12,13)11-7(6)10/h1-2H,9H2,(H2,10,11). The Balaban J connectivity index is 2.90. The molecule has 14 heavy (non-hydrogen) atoms. The highest BCUT2D eigenvalue weighted by atomic mass is 35.5. The number of anilines is 1. The molecule has 5 nitrogen and oxygen atoms in total. The minimum absolute atomic E-state index is 0.0278. The van der Waals surface area contributed by atoms with Gasteiger partial charge in [-0.3, -0.25) is 0 Å². The van der Waals surface area contributed by atoms with Crippen LogP contribution in [0.2, 0.25) is 5.02 Å². The summed E-state index contributed by atoms with van der Waals surface area (Å²) >= 11 is 5.67. The molecular weight excluding hydrogens is 226 g/mol. The van der Waals surface area contributed by atoms with E-state index < -0.39 is 10.0 Å². The maximum absolute atomic E-state index is 11.4. The van der Waals surface area contributed by atoms with Crippen molar-refractivity contribution < 1.29 is 8.42 Å². The second-order valence-corrected chi connectivity index (χ2v) is 4.83. The van der Waals surface area contributed by atoms with Crippen molar-refractivity contribution in [3.63, 3.8) is 0 Å². The lowest BCUT2D eigenvalue weighted by molar-refractivity contribution is 0.599. The van der Waals surface area contributed by atoms with Crippen LogP contribution in [0.15, 0.2) is 21.4 Å². The minimum Gasteiger partial charge on any atom is -0.398 e. The quantitative estimate of drug-likeness (QED) is 0.629. The first kappa shape index (κ1) is 9.29. The fraction of sp³-hybridized carbons (Fsp3) is 0. The van der Waals surface area contributed by atoms with Crippen LogP contribution in [0, 0.1) is 0 Å². The molecule has 0 saturated carbocycles. The van der Waals surface area contributed by atoms with Crippen LogP contribution in [0.4, 0.5) is 5.69 Å². The van der Waals surface area contributed by atoms with Crippen LogP contribution >= 0.6 is 11.6 Å². The van der Waals surface area contributed by atoms with Gasteiger partial charge < -0.3 is 11.5 Å². The average molecular weight is 232 g/mol. The van der Waals surface area contributed by atoms with E-state index in [-0.39, 0.29) is 27.0 Å². The Morgan fingerprint density at radius 1 is 1.29 bits per heavy atom. The molecule has 74 valence electrons. The first-order chi connectivity index (χ1) is 6.42. The van der Waals surface area contributed by atoms with Gasteiger partial charge in [0.15, 0.2) is 0 Å². The number of benzene rings is 1. The molecule has 4 N–H and O–H groups in total. The van der Waals surface area contributed by atoms with Gasteiger partial charge in [-0.25, -0.2) is 0 Å². The Labute approximate surface area is 85.4 Å². The molecule has 1 aliphatic rings. The van der Waals surface area contributed by atoms with Gasteiger partial charge in [-0.1, -0.05) is 11.6 Å². The van der Waals surface area contributed by atoms with E-state index in [0.717, 1.165) is 0 Å². The number of hydrogen-bond acceptors (Lipinski definition) is 4. The molecule has 0 radical (unpaired) electrons. The second-order valence-electron chi connectivity index (χ2n) is 2.82. The van der Waals surface area contributed by atoms with Gasteiger partial charge in [-0.2, -0.15) is 8.42 Å². The first-order valence-electron chi connectivity index (χ1n) is 3.61. The molecule has 7 heteroatoms. The number of amidine groups is 1. The monoisotopic (exact) mass is 231 g/mol. The van der Waals surface area contributed by atoms with Gasteiger partial charge in [0.25, 0.3) is 10.0 Å². The molecule has 0 unspecified atom stereocenters. The topological polar surface area (TPSA) is 98.5 Å². The molecule has 0 spiro atoms. The van der Waals surface area contributed by atoms with Crippen LogP contribution < -0.4 is 11.5 Å². The molecule has 0 amide bonds. The Morgan fingerprint density at radius 3 is 2.57 bits per heavy atom. The lowest BCUT2D eigenvalue weighted by Gasteiger charge is -2.02. The molecule has 0 bridgehead atoms. The third kappa shape index (κ3) is 1.15. The van der Waals surface area contributed by atoms with Crippen LogP contribution in [0.5, 0.6) is 0 Å². The van der Waals surface area contributed by atoms with E-state index >= 15 is 0 Å². The zero-order chi connectivity index (χ0) is 10.5. The highest BCUT2D eigenvalue weighted by Gasteiger charge is 2.29. The van der Waals surface area contributed by atoms with Crippen molar-refractivity contribution in [2.75, 3.05) is 5.73 Å². The lowest BCUT2D eigenvalue weighted by Crippen LogP contribution is -2.12. The maximum Gasteiger partial charge on any atom is 0.285 e. The SMILES string of the molecule is NC1=NS(=O)(=O)c2cc(Cl)cc(N)c21. The zero-order valence-corrected chi connectivity index (χ0v) is 8.43. The Hall–Kier alpha value is -1.27. The van der Waals surface area contributed by atoms with Crippen LogP contribution in [0.1, 0.15) is 5.56 Å². The summed E-state index contributed by atoms with van der Waals surface area (Å²) in [6.45, 7) is 0. The molecule has 0 atom stereocenters. The van der Waals surface area contributed by atoms with Crippen molar-refractivity contribution in [3.8, 4) is 0 Å². The predicted octanol–water partition coefficient (Wildman–Crippen LogP) is 0.330. The highest BCUT2D eigenvalue weighted by molar-refractivity contribution is 7.90. The number of sulfonamides is 1. The van der Waals surface area contributed by atoms with E-state index in [2.05, 4.69) is 4.40 Å². The minimum atomic E-state index is -3.70. The van der Waals surface area contributed by atoms with Crippen molar-refractivity contribution in [2.45, 2.75) is 4.90 Å². The number of rotatable bonds is 0. The molecular formula is C7H6ClN3O2S. The summed E-state index contributed by atoms with van der Waals surface area (Å²) < 4.78 is 26.1. The van der Waals surface area contributed by atoms with Gasteiger partial charge in [-0.15, -0.1) is 4.40 Å². The fourth-order valence-corrected chi connectivity index (χ4v) is 2.80. The molecule has 1 aromatic rings. The van der Waals surface area contributed by atoms with E-state index in [0.29, 0.717) is 0 Å². The summed E-state index contributed by atoms with van der Waals surface area (Å²) in [6, 6.07) is 2.72. The number of nitrogens with zero attached hydrogens (tertiary/aromatic N) is 1. The lowest BCUT2D eigenvalue weighted by atomic mass is 10.1. The average Bonchev–Trinajstić information content (AvgIpc) is 2.21. The number of halogens is 1. The van der Waals surface area contributed by atoms with Crippen molar-refractivity contribution in [2.24, 2.45) is 10.1 Å². The van der Waals surface area contributed by atoms with E-state index in [1.165, 1.54) is 12.1 Å². The van der Waals surface area contributed by atoms with Gasteiger partial charge >= 0.3 is 0 Å². The molecule has 1 aromatic carbocycles. The fourth-order valence-electron chi connectivity index (χ4n) is 1.30. The Kier molecular flexibility index (Phi) is 1.73. The molecule has 0 fully saturated rings. The molecule has 2 rings (SSSR count). The predicted molar refractivity (Wildman–Crippen MR) is 53.8 cm³/mol. The maximum atomic E-state index is 11.4. The van der Waals surface area contributed by atoms with Crippen molar-refractivity contribution in [1.29, 1.82) is 0 Å². The van der Waals surface area contributed by atoms with Crippen molar-refractivity contribution in [3.05, 3.63) is 22.7 Å². The van der Waals surface area contributed by atoms with Gasteiger partial charge in [0.05, 0.1) is 5.56 Å². The van der Waals surface area contributed by atoms with E-state index in [1.54, 1.807) is 0 Å². The van der Waals surface area contributed by atoms with E-state index in [4.69, 9.17) is 23.1 Å². The van der Waals surface area contributed by atoms with Crippen LogP contribution in [-0.4, -0.2) is 14.3 Å². The third-order valence-electron chi connectivity index (χ3n) is 1.85. The van der Waals surface area contributed by atoms with Gasteiger partial charge in [0, 0.05) is 10.7 Å². The Bertz CT molecular complexity index is 550. The second kappa shape index (κ2) is 2.61. The van der Waals surface area contributed by atoms with Crippen molar-refractivity contribution >= 4 is 33.1 Å². The summed E-state index contributed by atoms with van der Waals surface area (Å²) in [5, 5.41) is 0.245. The van der Waals surface area contributed by atoms with Gasteiger partial charge in [0.1, 0.15) is 10.7 Å². The van der Waals surface area contributed by atoms with Crippen LogP contribution in [0.3, 0.4) is 0 Å². The number of fused-ring (bicyclic) bond motifs is 1. The molecule has 0 aromatic heterocycles. The molecule has 0 saturated heterocycles. The van der Waals surface area contributed by atoms with E-state index in [9.17, 15) is 8.42 Å². The summed E-state index contributed by atoms with van der Waals surface area (Å²) in [4.78, 5) is -0.0278. The summed E-state index contributed by atoms with van der Waals surface area (Å²) in [5.74, 6) is -0.0887. The molecule has 0 aliphatic carbocycles. The zero-order valence-electron chi connectivity index (χ0n) is 6.86. The van der Waals surface area contributed by atoms with Gasteiger partial charge in [0.2, 0.25) is 0 Å². The van der Waals surface area contributed by atoms with Crippen molar-refractivity contribution in [1.82, 2.24) is 0 Å². The summed E-state index contributed by atoms with van der Waals surface area (Å²) in [6.07, 6.45) is 0. The van der Waals surface area contributed by atoms with Crippen LogP contribution in [-0.2, 0) is 10.0 Å². The summed E-state index contributed by atoms with van der Waals surface area (Å²) in [5.41, 5.74) is 11.5. The third-order valence-corrected chi connectivity index (χ3v) is 3.38. The summed E-state index contributed by atoms with van der Waals surface area (Å²) in [7, 11) is -3.70. The number of nitrogen functional groups attached to an aromatic ring is 1.